The average Bonchev–Trinajstić information content (AvgIpc) is 3.20. The standard InChI is InChI=1S/C16H28N2O3/c19-10-2-1-9-18(12-6-7-12)16(20)17-14-4-3-5-15-13(14)8-11-21-15/h12-15,19H,1-11H2,(H,17,20). The van der Waals surface area contributed by atoms with E-state index in [2.05, 4.69) is 5.32 Å². The predicted molar refractivity (Wildman–Crippen MR) is 80.1 cm³/mol. The lowest BCUT2D eigenvalue weighted by Crippen LogP contribution is -2.51. The van der Waals surface area contributed by atoms with Gasteiger partial charge in [0.15, 0.2) is 0 Å². The molecule has 0 aromatic heterocycles. The molecule has 120 valence electrons. The van der Waals surface area contributed by atoms with Gasteiger partial charge in [-0.2, -0.15) is 0 Å². The second-order valence-electron chi connectivity index (χ2n) is 6.70. The van der Waals surface area contributed by atoms with Gasteiger partial charge in [0.1, 0.15) is 0 Å². The average molecular weight is 296 g/mol. The first kappa shape index (κ1) is 15.1. The zero-order chi connectivity index (χ0) is 14.7. The molecule has 1 saturated heterocycles. The number of rotatable bonds is 6. The van der Waals surface area contributed by atoms with Gasteiger partial charge in [-0.3, -0.25) is 0 Å². The predicted octanol–water partition coefficient (Wildman–Crippen LogP) is 1.89. The summed E-state index contributed by atoms with van der Waals surface area (Å²) in [6.45, 7) is 1.84. The lowest BCUT2D eigenvalue weighted by Gasteiger charge is -2.35. The number of urea groups is 1. The van der Waals surface area contributed by atoms with Gasteiger partial charge in [0.05, 0.1) is 6.10 Å². The highest BCUT2D eigenvalue weighted by atomic mass is 16.5. The highest BCUT2D eigenvalue weighted by molar-refractivity contribution is 5.75. The summed E-state index contributed by atoms with van der Waals surface area (Å²) in [5, 5.41) is 12.2. The van der Waals surface area contributed by atoms with Gasteiger partial charge in [-0.15, -0.1) is 0 Å². The highest BCUT2D eigenvalue weighted by Gasteiger charge is 2.40. The molecule has 2 saturated carbocycles. The number of hydrogen-bond donors (Lipinski definition) is 2. The Morgan fingerprint density at radius 3 is 2.81 bits per heavy atom. The maximum Gasteiger partial charge on any atom is 0.317 e. The molecule has 1 aliphatic heterocycles. The minimum Gasteiger partial charge on any atom is -0.396 e. The largest absolute Gasteiger partial charge is 0.396 e. The number of fused-ring (bicyclic) bond motifs is 1. The lowest BCUT2D eigenvalue weighted by atomic mass is 9.82. The highest BCUT2D eigenvalue weighted by Crippen LogP contribution is 2.35. The molecule has 2 aliphatic carbocycles. The number of hydrogen-bond acceptors (Lipinski definition) is 3. The van der Waals surface area contributed by atoms with Crippen LogP contribution in [0.2, 0.25) is 0 Å². The van der Waals surface area contributed by atoms with Gasteiger partial charge >= 0.3 is 6.03 Å². The van der Waals surface area contributed by atoms with E-state index in [-0.39, 0.29) is 18.7 Å². The van der Waals surface area contributed by atoms with E-state index in [1.54, 1.807) is 0 Å². The molecule has 0 bridgehead atoms. The van der Waals surface area contributed by atoms with Gasteiger partial charge < -0.3 is 20.1 Å². The quantitative estimate of drug-likeness (QED) is 0.736. The van der Waals surface area contributed by atoms with E-state index in [0.29, 0.717) is 18.1 Å². The molecular formula is C16H28N2O3. The molecule has 2 N–H and O–H groups in total. The molecule has 0 aromatic rings. The van der Waals surface area contributed by atoms with Crippen molar-refractivity contribution >= 4 is 6.03 Å². The lowest BCUT2D eigenvalue weighted by molar-refractivity contribution is 0.0537. The molecule has 0 radical (unpaired) electrons. The summed E-state index contributed by atoms with van der Waals surface area (Å²) >= 11 is 0. The van der Waals surface area contributed by atoms with E-state index in [9.17, 15) is 4.79 Å². The topological polar surface area (TPSA) is 61.8 Å². The first-order valence-electron chi connectivity index (χ1n) is 8.59. The summed E-state index contributed by atoms with van der Waals surface area (Å²) in [7, 11) is 0. The van der Waals surface area contributed by atoms with E-state index < -0.39 is 0 Å². The van der Waals surface area contributed by atoms with Crippen LogP contribution < -0.4 is 5.32 Å². The van der Waals surface area contributed by atoms with Crippen LogP contribution in [0, 0.1) is 5.92 Å². The number of amides is 2. The van der Waals surface area contributed by atoms with Gasteiger partial charge in [-0.05, 0) is 51.4 Å². The van der Waals surface area contributed by atoms with Crippen LogP contribution in [0.1, 0.15) is 51.4 Å². The van der Waals surface area contributed by atoms with E-state index in [1.807, 2.05) is 4.90 Å². The van der Waals surface area contributed by atoms with Crippen LogP contribution >= 0.6 is 0 Å². The molecular weight excluding hydrogens is 268 g/mol. The smallest absolute Gasteiger partial charge is 0.317 e. The van der Waals surface area contributed by atoms with Crippen molar-refractivity contribution in [1.82, 2.24) is 10.2 Å². The normalized spacial score (nSPS) is 31.8. The number of carbonyl (C=O) groups is 1. The third-order valence-electron chi connectivity index (χ3n) is 5.15. The summed E-state index contributed by atoms with van der Waals surface area (Å²) in [4.78, 5) is 14.6. The molecule has 5 heteroatoms. The molecule has 3 atom stereocenters. The SMILES string of the molecule is O=C(NC1CCCC2OCCC12)N(CCCCO)C1CC1. The fourth-order valence-corrected chi connectivity index (χ4v) is 3.83. The summed E-state index contributed by atoms with van der Waals surface area (Å²) < 4.78 is 5.78. The van der Waals surface area contributed by atoms with Crippen LogP contribution in [0.15, 0.2) is 0 Å². The van der Waals surface area contributed by atoms with Crippen molar-refractivity contribution in [1.29, 1.82) is 0 Å². The Morgan fingerprint density at radius 2 is 2.05 bits per heavy atom. The molecule has 1 heterocycles. The van der Waals surface area contributed by atoms with Gasteiger partial charge in [0.2, 0.25) is 0 Å². The molecule has 0 spiro atoms. The number of aliphatic hydroxyl groups is 1. The Balaban J connectivity index is 1.53. The second kappa shape index (κ2) is 6.97. The maximum atomic E-state index is 12.6. The minimum atomic E-state index is 0.105. The molecule has 3 aliphatic rings. The van der Waals surface area contributed by atoms with E-state index in [0.717, 1.165) is 64.5 Å². The van der Waals surface area contributed by atoms with Crippen molar-refractivity contribution in [3.8, 4) is 0 Å². The van der Waals surface area contributed by atoms with Crippen molar-refractivity contribution < 1.29 is 14.6 Å². The number of nitrogens with one attached hydrogen (secondary N) is 1. The Hall–Kier alpha value is -0.810. The van der Waals surface area contributed by atoms with Crippen LogP contribution in [0.3, 0.4) is 0 Å². The Kier molecular flexibility index (Phi) is 5.01. The molecule has 2 amide bonds. The van der Waals surface area contributed by atoms with Crippen LogP contribution in [0.4, 0.5) is 4.79 Å². The van der Waals surface area contributed by atoms with Crippen LogP contribution in [-0.2, 0) is 4.74 Å². The Labute approximate surface area is 127 Å². The first-order valence-corrected chi connectivity index (χ1v) is 8.59. The third-order valence-corrected chi connectivity index (χ3v) is 5.15. The van der Waals surface area contributed by atoms with E-state index in [1.165, 1.54) is 0 Å². The van der Waals surface area contributed by atoms with E-state index >= 15 is 0 Å². The summed E-state index contributed by atoms with van der Waals surface area (Å²) in [5.74, 6) is 0.515. The van der Waals surface area contributed by atoms with E-state index in [4.69, 9.17) is 9.84 Å². The van der Waals surface area contributed by atoms with Crippen molar-refractivity contribution in [2.45, 2.75) is 69.6 Å². The zero-order valence-corrected chi connectivity index (χ0v) is 12.8. The van der Waals surface area contributed by atoms with Gasteiger partial charge in [0, 0.05) is 37.8 Å². The second-order valence-corrected chi connectivity index (χ2v) is 6.70. The van der Waals surface area contributed by atoms with Crippen molar-refractivity contribution in [2.75, 3.05) is 19.8 Å². The fourth-order valence-electron chi connectivity index (χ4n) is 3.83. The minimum absolute atomic E-state index is 0.105. The molecule has 21 heavy (non-hydrogen) atoms. The zero-order valence-electron chi connectivity index (χ0n) is 12.8. The maximum absolute atomic E-state index is 12.6. The number of nitrogens with zero attached hydrogens (tertiary/aromatic N) is 1. The van der Waals surface area contributed by atoms with Crippen molar-refractivity contribution in [3.63, 3.8) is 0 Å². The Morgan fingerprint density at radius 1 is 1.19 bits per heavy atom. The molecule has 5 nitrogen and oxygen atoms in total. The van der Waals surface area contributed by atoms with Gasteiger partial charge in [0.25, 0.3) is 0 Å². The number of aliphatic hydroxyl groups excluding tert-OH is 1. The monoisotopic (exact) mass is 296 g/mol. The summed E-state index contributed by atoms with van der Waals surface area (Å²) in [5.41, 5.74) is 0. The first-order chi connectivity index (χ1) is 10.3. The molecule has 0 aromatic carbocycles. The number of carbonyl (C=O) groups excluding carboxylic acids is 1. The third kappa shape index (κ3) is 3.69. The van der Waals surface area contributed by atoms with Crippen LogP contribution in [0.25, 0.3) is 0 Å². The summed E-state index contributed by atoms with van der Waals surface area (Å²) in [6.07, 6.45) is 8.78. The van der Waals surface area contributed by atoms with Crippen molar-refractivity contribution in [2.24, 2.45) is 5.92 Å². The van der Waals surface area contributed by atoms with Gasteiger partial charge in [-0.1, -0.05) is 0 Å². The fraction of sp³-hybridized carbons (Fsp3) is 0.938. The Bertz CT molecular complexity index is 359. The molecule has 3 rings (SSSR count). The molecule has 3 unspecified atom stereocenters. The molecule has 3 fully saturated rings. The van der Waals surface area contributed by atoms with Crippen LogP contribution in [0.5, 0.6) is 0 Å². The van der Waals surface area contributed by atoms with Crippen molar-refractivity contribution in [3.05, 3.63) is 0 Å². The number of ether oxygens (including phenoxy) is 1. The van der Waals surface area contributed by atoms with Crippen LogP contribution in [-0.4, -0.2) is 54.0 Å². The van der Waals surface area contributed by atoms with Gasteiger partial charge in [-0.25, -0.2) is 4.79 Å². The number of unbranched alkanes of at least 4 members (excludes halogenated alkanes) is 1. The summed E-state index contributed by atoms with van der Waals surface area (Å²) in [6, 6.07) is 0.828.